The Bertz CT molecular complexity index is 778. The van der Waals surface area contributed by atoms with Crippen molar-refractivity contribution >= 4 is 46.4 Å². The predicted molar refractivity (Wildman–Crippen MR) is 94.8 cm³/mol. The maximum atomic E-state index is 12.3. The third-order valence-electron chi connectivity index (χ3n) is 3.56. The van der Waals surface area contributed by atoms with Crippen molar-refractivity contribution in [3.05, 3.63) is 49.9 Å². The summed E-state index contributed by atoms with van der Waals surface area (Å²) < 4.78 is 0. The van der Waals surface area contributed by atoms with Crippen molar-refractivity contribution in [1.29, 1.82) is 0 Å². The molecule has 1 aromatic carbocycles. The van der Waals surface area contributed by atoms with Crippen LogP contribution in [0.3, 0.4) is 0 Å². The van der Waals surface area contributed by atoms with Gasteiger partial charge in [0.2, 0.25) is 5.91 Å². The molecular weight excluding hydrogens is 371 g/mol. The topological polar surface area (TPSA) is 79.3 Å². The summed E-state index contributed by atoms with van der Waals surface area (Å²) in [5.41, 5.74) is -0.656. The molecule has 0 saturated carbocycles. The zero-order valence-electron chi connectivity index (χ0n) is 13.1. The molecule has 24 heavy (non-hydrogen) atoms. The van der Waals surface area contributed by atoms with Crippen molar-refractivity contribution in [3.63, 3.8) is 0 Å². The van der Waals surface area contributed by atoms with E-state index in [4.69, 9.17) is 23.2 Å². The highest BCUT2D eigenvalue weighted by Gasteiger charge is 2.37. The fourth-order valence-electron chi connectivity index (χ4n) is 2.14. The lowest BCUT2D eigenvalue weighted by molar-refractivity contribution is -0.147. The average molecular weight is 387 g/mol. The fourth-order valence-corrected chi connectivity index (χ4v) is 3.18. The third-order valence-corrected chi connectivity index (χ3v) is 5.34. The van der Waals surface area contributed by atoms with Gasteiger partial charge in [0.1, 0.15) is 0 Å². The molecule has 0 fully saturated rings. The smallest absolute Gasteiger partial charge is 0.333 e. The van der Waals surface area contributed by atoms with E-state index in [1.807, 2.05) is 6.92 Å². The van der Waals surface area contributed by atoms with Crippen molar-refractivity contribution in [2.24, 2.45) is 0 Å². The van der Waals surface area contributed by atoms with Gasteiger partial charge in [0.25, 0.3) is 0 Å². The molecule has 0 aliphatic carbocycles. The number of carbonyl (C=O) groups is 2. The lowest BCUT2D eigenvalue weighted by atomic mass is 9.91. The van der Waals surface area contributed by atoms with Crippen LogP contribution in [0.15, 0.2) is 23.6 Å². The van der Waals surface area contributed by atoms with Gasteiger partial charge in [-0.15, -0.1) is 11.3 Å². The van der Waals surface area contributed by atoms with Crippen molar-refractivity contribution in [3.8, 4) is 0 Å². The summed E-state index contributed by atoms with van der Waals surface area (Å²) in [5, 5.41) is 15.4. The Morgan fingerprint density at radius 2 is 2.04 bits per heavy atom. The summed E-state index contributed by atoms with van der Waals surface area (Å²) in [4.78, 5) is 28.4. The largest absolute Gasteiger partial charge is 0.479 e. The molecule has 1 aromatic heterocycles. The molecule has 0 aliphatic heterocycles. The number of thiazole rings is 1. The van der Waals surface area contributed by atoms with Crippen molar-refractivity contribution < 1.29 is 14.7 Å². The lowest BCUT2D eigenvalue weighted by Crippen LogP contribution is -2.50. The van der Waals surface area contributed by atoms with E-state index >= 15 is 0 Å². The van der Waals surface area contributed by atoms with Crippen LogP contribution in [0.4, 0.5) is 0 Å². The molecule has 128 valence electrons. The highest BCUT2D eigenvalue weighted by molar-refractivity contribution is 7.09. The molecule has 0 aliphatic rings. The first-order chi connectivity index (χ1) is 11.3. The molecule has 0 radical (unpaired) electrons. The fraction of sp³-hybridized carbons (Fsp3) is 0.312. The second-order valence-electron chi connectivity index (χ2n) is 5.37. The van der Waals surface area contributed by atoms with Gasteiger partial charge in [-0.1, -0.05) is 36.2 Å². The van der Waals surface area contributed by atoms with Crippen molar-refractivity contribution in [2.75, 3.05) is 0 Å². The highest BCUT2D eigenvalue weighted by Crippen LogP contribution is 2.29. The first-order valence-electron chi connectivity index (χ1n) is 7.19. The number of amides is 1. The Kier molecular flexibility index (Phi) is 5.85. The number of nitrogens with one attached hydrogen (secondary N) is 1. The van der Waals surface area contributed by atoms with Gasteiger partial charge >= 0.3 is 5.97 Å². The molecule has 0 spiro atoms. The number of hydrogen-bond acceptors (Lipinski definition) is 4. The van der Waals surface area contributed by atoms with Gasteiger partial charge in [-0.3, -0.25) is 4.79 Å². The zero-order valence-corrected chi connectivity index (χ0v) is 15.4. The van der Waals surface area contributed by atoms with E-state index in [-0.39, 0.29) is 11.4 Å². The normalized spacial score (nSPS) is 13.3. The molecule has 2 rings (SSSR count). The number of aryl methyl sites for hydroxylation is 1. The Morgan fingerprint density at radius 1 is 1.33 bits per heavy atom. The van der Waals surface area contributed by atoms with E-state index < -0.39 is 17.4 Å². The molecule has 5 nitrogen and oxygen atoms in total. The molecule has 1 unspecified atom stereocenters. The van der Waals surface area contributed by atoms with Crippen LogP contribution in [0.2, 0.25) is 10.0 Å². The number of benzene rings is 1. The van der Waals surface area contributed by atoms with Gasteiger partial charge in [-0.25, -0.2) is 9.78 Å². The van der Waals surface area contributed by atoms with Crippen LogP contribution in [0, 0.1) is 0 Å². The minimum atomic E-state index is -1.62. The number of aromatic nitrogens is 1. The van der Waals surface area contributed by atoms with Crippen molar-refractivity contribution in [2.45, 2.75) is 32.2 Å². The standard InChI is InChI=1S/C16H16Cl2N2O3S/c1-3-14-19-10(8-24-14)7-13(21)20-16(2,15(22)23)9-4-5-11(17)12(18)6-9/h4-6,8H,3,7H2,1-2H3,(H,20,21)(H,22,23). The van der Waals surface area contributed by atoms with Gasteiger partial charge < -0.3 is 10.4 Å². The number of nitrogens with zero attached hydrogens (tertiary/aromatic N) is 1. The van der Waals surface area contributed by atoms with E-state index in [9.17, 15) is 14.7 Å². The minimum absolute atomic E-state index is 0.0146. The summed E-state index contributed by atoms with van der Waals surface area (Å²) >= 11 is 13.3. The maximum absolute atomic E-state index is 12.3. The Hall–Kier alpha value is -1.63. The molecule has 0 bridgehead atoms. The number of halogens is 2. The summed E-state index contributed by atoms with van der Waals surface area (Å²) in [5.74, 6) is -1.62. The van der Waals surface area contributed by atoms with E-state index in [1.165, 1.54) is 36.5 Å². The van der Waals surface area contributed by atoms with Crippen LogP contribution in [-0.4, -0.2) is 22.0 Å². The maximum Gasteiger partial charge on any atom is 0.333 e. The van der Waals surface area contributed by atoms with Crippen LogP contribution in [0.25, 0.3) is 0 Å². The van der Waals surface area contributed by atoms with Gasteiger partial charge in [0.05, 0.1) is 27.2 Å². The van der Waals surface area contributed by atoms with Crippen LogP contribution < -0.4 is 5.32 Å². The number of aliphatic carboxylic acids is 1. The predicted octanol–water partition coefficient (Wildman–Crippen LogP) is 3.67. The summed E-state index contributed by atoms with van der Waals surface area (Å²) in [6.45, 7) is 3.39. The zero-order chi connectivity index (χ0) is 17.9. The van der Waals surface area contributed by atoms with Gasteiger partial charge in [-0.05, 0) is 31.0 Å². The summed E-state index contributed by atoms with van der Waals surface area (Å²) in [6, 6.07) is 4.47. The van der Waals surface area contributed by atoms with Crippen molar-refractivity contribution in [1.82, 2.24) is 10.3 Å². The molecule has 1 amide bonds. The quantitative estimate of drug-likeness (QED) is 0.793. The Balaban J connectivity index is 2.21. The molecule has 8 heteroatoms. The minimum Gasteiger partial charge on any atom is -0.479 e. The SMILES string of the molecule is CCc1nc(CC(=O)NC(C)(C(=O)O)c2ccc(Cl)c(Cl)c2)cs1. The van der Waals surface area contributed by atoms with Crippen LogP contribution in [0.5, 0.6) is 0 Å². The summed E-state index contributed by atoms with van der Waals surface area (Å²) in [6.07, 6.45) is 0.809. The number of hydrogen-bond donors (Lipinski definition) is 2. The first-order valence-corrected chi connectivity index (χ1v) is 8.83. The van der Waals surface area contributed by atoms with Gasteiger partial charge in [0, 0.05) is 5.38 Å². The molecule has 0 saturated heterocycles. The number of rotatable bonds is 6. The van der Waals surface area contributed by atoms with Gasteiger partial charge in [-0.2, -0.15) is 0 Å². The lowest BCUT2D eigenvalue weighted by Gasteiger charge is -2.27. The van der Waals surface area contributed by atoms with Crippen LogP contribution in [0.1, 0.15) is 30.1 Å². The molecule has 1 heterocycles. The number of carboxylic acids is 1. The number of carboxylic acid groups (broad SMARTS) is 1. The Labute approximate surface area is 153 Å². The van der Waals surface area contributed by atoms with E-state index in [0.29, 0.717) is 16.3 Å². The monoisotopic (exact) mass is 386 g/mol. The van der Waals surface area contributed by atoms with E-state index in [1.54, 1.807) is 5.38 Å². The molecule has 1 atom stereocenters. The third kappa shape index (κ3) is 4.06. The highest BCUT2D eigenvalue weighted by atomic mass is 35.5. The molecule has 2 N–H and O–H groups in total. The molecular formula is C16H16Cl2N2O3S. The molecule has 2 aromatic rings. The van der Waals surface area contributed by atoms with E-state index in [2.05, 4.69) is 10.3 Å². The van der Waals surface area contributed by atoms with Crippen LogP contribution in [-0.2, 0) is 28.0 Å². The second-order valence-corrected chi connectivity index (χ2v) is 7.13. The summed E-state index contributed by atoms with van der Waals surface area (Å²) in [7, 11) is 0. The number of carbonyl (C=O) groups excluding carboxylic acids is 1. The average Bonchev–Trinajstić information content (AvgIpc) is 2.97. The Morgan fingerprint density at radius 3 is 2.58 bits per heavy atom. The second kappa shape index (κ2) is 7.51. The van der Waals surface area contributed by atoms with Gasteiger partial charge in [0.15, 0.2) is 5.54 Å². The van der Waals surface area contributed by atoms with Crippen LogP contribution >= 0.6 is 34.5 Å². The van der Waals surface area contributed by atoms with E-state index in [0.717, 1.165) is 11.4 Å². The first kappa shape index (κ1) is 18.7.